The maximum atomic E-state index is 13.2. The lowest BCUT2D eigenvalue weighted by atomic mass is 9.77. The number of hydrogen-bond acceptors (Lipinski definition) is 7. The predicted octanol–water partition coefficient (Wildman–Crippen LogP) is 7.12. The summed E-state index contributed by atoms with van der Waals surface area (Å²) in [4.78, 5) is 31.2. The van der Waals surface area contributed by atoms with Crippen LogP contribution in [0.25, 0.3) is 0 Å². The van der Waals surface area contributed by atoms with Crippen LogP contribution in [0.1, 0.15) is 25.0 Å². The van der Waals surface area contributed by atoms with Gasteiger partial charge in [-0.2, -0.15) is 0 Å². The Labute approximate surface area is 223 Å². The van der Waals surface area contributed by atoms with Crippen molar-refractivity contribution in [2.24, 2.45) is 0 Å². The molecule has 1 heterocycles. The third-order valence-electron chi connectivity index (χ3n) is 5.83. The molecule has 1 fully saturated rings. The van der Waals surface area contributed by atoms with Gasteiger partial charge in [-0.1, -0.05) is 42.3 Å². The lowest BCUT2D eigenvalue weighted by Gasteiger charge is -2.42. The highest BCUT2D eigenvalue weighted by molar-refractivity contribution is 5.74. The third kappa shape index (κ3) is 6.37. The number of para-hydroxylation sites is 2. The normalized spacial score (nSPS) is 13.2. The van der Waals surface area contributed by atoms with Gasteiger partial charge in [0.25, 0.3) is 5.95 Å². The zero-order valence-corrected chi connectivity index (χ0v) is 20.5. The minimum atomic E-state index is -1.17. The van der Waals surface area contributed by atoms with Crippen molar-refractivity contribution in [1.82, 2.24) is 5.06 Å². The predicted molar refractivity (Wildman–Crippen MR) is 136 cm³/mol. The fourth-order valence-electron chi connectivity index (χ4n) is 3.74. The summed E-state index contributed by atoms with van der Waals surface area (Å²) in [6.07, 6.45) is -0.477. The monoisotopic (exact) mass is 527 g/mol. The Morgan fingerprint density at radius 1 is 0.795 bits per heavy atom. The Morgan fingerprint density at radius 2 is 1.44 bits per heavy atom. The molecule has 1 aliphatic rings. The SMILES string of the molecule is O=C(Oc1ccccc1)ON(C(=O)Oc1ccccc1)C1(C#Cc2ccc(Oc3ccc(F)cc3)o2)CCC1. The molecule has 0 atom stereocenters. The number of amides is 1. The molecule has 196 valence electrons. The van der Waals surface area contributed by atoms with E-state index in [2.05, 4.69) is 11.8 Å². The number of carbonyl (C=O) groups is 2. The molecule has 3 aromatic carbocycles. The quantitative estimate of drug-likeness (QED) is 0.118. The largest absolute Gasteiger partial charge is 0.539 e. The van der Waals surface area contributed by atoms with Crippen molar-refractivity contribution in [3.63, 3.8) is 0 Å². The van der Waals surface area contributed by atoms with Crippen LogP contribution in [0.3, 0.4) is 0 Å². The molecule has 0 bridgehead atoms. The Balaban J connectivity index is 1.36. The van der Waals surface area contributed by atoms with E-state index < -0.39 is 17.8 Å². The lowest BCUT2D eigenvalue weighted by Crippen LogP contribution is -2.57. The summed E-state index contributed by atoms with van der Waals surface area (Å²) in [6.45, 7) is 0. The molecule has 1 amide bonds. The van der Waals surface area contributed by atoms with Gasteiger partial charge in [-0.3, -0.25) is 4.84 Å². The number of rotatable bonds is 5. The number of ether oxygens (including phenoxy) is 3. The van der Waals surface area contributed by atoms with Crippen LogP contribution < -0.4 is 14.2 Å². The third-order valence-corrected chi connectivity index (χ3v) is 5.83. The van der Waals surface area contributed by atoms with E-state index in [1.807, 2.05) is 0 Å². The van der Waals surface area contributed by atoms with Gasteiger partial charge in [0.05, 0.1) is 0 Å². The number of furan rings is 1. The fourth-order valence-corrected chi connectivity index (χ4v) is 3.74. The molecule has 1 aromatic heterocycles. The number of halogens is 1. The van der Waals surface area contributed by atoms with E-state index in [-0.39, 0.29) is 29.0 Å². The van der Waals surface area contributed by atoms with Gasteiger partial charge >= 0.3 is 12.2 Å². The van der Waals surface area contributed by atoms with E-state index in [1.165, 1.54) is 24.3 Å². The van der Waals surface area contributed by atoms with E-state index in [9.17, 15) is 14.0 Å². The summed E-state index contributed by atoms with van der Waals surface area (Å²) in [5.74, 6) is 6.82. The lowest BCUT2D eigenvalue weighted by molar-refractivity contribution is -0.156. The summed E-state index contributed by atoms with van der Waals surface area (Å²) >= 11 is 0. The Kier molecular flexibility index (Phi) is 7.46. The van der Waals surface area contributed by atoms with Gasteiger partial charge in [0.2, 0.25) is 0 Å². The molecular formula is C30H22FNO7. The van der Waals surface area contributed by atoms with E-state index >= 15 is 0 Å². The fraction of sp³-hybridized carbons (Fsp3) is 0.133. The molecule has 5 rings (SSSR count). The van der Waals surface area contributed by atoms with Crippen molar-refractivity contribution >= 4 is 12.2 Å². The summed E-state index contributed by atoms with van der Waals surface area (Å²) in [5.41, 5.74) is -1.17. The topological polar surface area (TPSA) is 87.4 Å². The van der Waals surface area contributed by atoms with Gasteiger partial charge in [0.1, 0.15) is 28.6 Å². The molecule has 4 aromatic rings. The molecule has 0 radical (unpaired) electrons. The summed E-state index contributed by atoms with van der Waals surface area (Å²) in [5, 5.41) is 0.820. The van der Waals surface area contributed by atoms with Crippen molar-refractivity contribution in [3.05, 3.63) is 109 Å². The average Bonchev–Trinajstić information content (AvgIpc) is 3.37. The minimum absolute atomic E-state index is 0.150. The molecule has 0 N–H and O–H groups in total. The molecule has 0 aliphatic heterocycles. The number of hydrogen-bond donors (Lipinski definition) is 0. The van der Waals surface area contributed by atoms with Crippen LogP contribution in [0, 0.1) is 17.7 Å². The van der Waals surface area contributed by atoms with E-state index in [1.54, 1.807) is 72.8 Å². The van der Waals surface area contributed by atoms with Crippen molar-refractivity contribution in [2.75, 3.05) is 0 Å². The highest BCUT2D eigenvalue weighted by Gasteiger charge is 2.48. The van der Waals surface area contributed by atoms with Gasteiger partial charge in [0.15, 0.2) is 5.76 Å². The van der Waals surface area contributed by atoms with Gasteiger partial charge < -0.3 is 18.6 Å². The Bertz CT molecular complexity index is 1490. The van der Waals surface area contributed by atoms with Crippen LogP contribution in [-0.4, -0.2) is 22.9 Å². The summed E-state index contributed by atoms with van der Waals surface area (Å²) < 4.78 is 35.0. The van der Waals surface area contributed by atoms with Crippen LogP contribution in [0.2, 0.25) is 0 Å². The molecule has 39 heavy (non-hydrogen) atoms. The zero-order chi connectivity index (χ0) is 27.1. The standard InChI is InChI=1S/C30H22FNO7/c31-22-12-14-25(15-13-22)35-27-17-16-26(36-27)18-21-30(19-7-20-30)32(28(33)37-23-8-3-1-4-9-23)39-29(34)38-24-10-5-2-6-11-24/h1-6,8-17H,7,19-20H2. The van der Waals surface area contributed by atoms with E-state index in [4.69, 9.17) is 23.5 Å². The average molecular weight is 528 g/mol. The van der Waals surface area contributed by atoms with Crippen molar-refractivity contribution in [1.29, 1.82) is 0 Å². The van der Waals surface area contributed by atoms with Gasteiger partial charge in [-0.25, -0.2) is 14.0 Å². The van der Waals surface area contributed by atoms with Crippen LogP contribution >= 0.6 is 0 Å². The second kappa shape index (κ2) is 11.4. The van der Waals surface area contributed by atoms with Crippen LogP contribution in [0.5, 0.6) is 23.2 Å². The maximum Gasteiger partial charge on any atom is 0.539 e. The first-order chi connectivity index (χ1) is 19.0. The number of hydroxylamine groups is 2. The van der Waals surface area contributed by atoms with Crippen molar-refractivity contribution in [2.45, 2.75) is 24.8 Å². The molecule has 8 nitrogen and oxygen atoms in total. The Morgan fingerprint density at radius 3 is 2.05 bits per heavy atom. The summed E-state index contributed by atoms with van der Waals surface area (Å²) in [6, 6.07) is 25.3. The molecule has 9 heteroatoms. The van der Waals surface area contributed by atoms with E-state index in [0.29, 0.717) is 18.6 Å². The number of nitrogens with zero attached hydrogens (tertiary/aromatic N) is 1. The number of carbonyl (C=O) groups excluding carboxylic acids is 2. The van der Waals surface area contributed by atoms with E-state index in [0.717, 1.165) is 11.5 Å². The first-order valence-electron chi connectivity index (χ1n) is 12.1. The number of benzene rings is 3. The second-order valence-corrected chi connectivity index (χ2v) is 8.54. The first-order valence-corrected chi connectivity index (χ1v) is 12.1. The second-order valence-electron chi connectivity index (χ2n) is 8.54. The van der Waals surface area contributed by atoms with Crippen molar-refractivity contribution < 1.29 is 37.4 Å². The van der Waals surface area contributed by atoms with Crippen molar-refractivity contribution in [3.8, 4) is 35.0 Å². The summed E-state index contributed by atoms with van der Waals surface area (Å²) in [7, 11) is 0. The van der Waals surface area contributed by atoms with Gasteiger partial charge in [0, 0.05) is 6.07 Å². The molecule has 1 aliphatic carbocycles. The van der Waals surface area contributed by atoms with Crippen LogP contribution in [0.15, 0.2) is 101 Å². The molecule has 0 saturated heterocycles. The first kappa shape index (κ1) is 25.4. The highest BCUT2D eigenvalue weighted by atomic mass is 19.1. The zero-order valence-electron chi connectivity index (χ0n) is 20.5. The molecular weight excluding hydrogens is 505 g/mol. The van der Waals surface area contributed by atoms with Gasteiger partial charge in [-0.05, 0) is 79.8 Å². The van der Waals surface area contributed by atoms with Gasteiger partial charge in [-0.15, -0.1) is 5.06 Å². The Hall–Kier alpha value is -5.23. The molecule has 0 spiro atoms. The molecule has 1 saturated carbocycles. The minimum Gasteiger partial charge on any atom is -0.426 e. The van der Waals surface area contributed by atoms with Crippen LogP contribution in [-0.2, 0) is 4.84 Å². The molecule has 0 unspecified atom stereocenters. The highest BCUT2D eigenvalue weighted by Crippen LogP contribution is 2.38. The smallest absolute Gasteiger partial charge is 0.426 e. The van der Waals surface area contributed by atoms with Crippen LogP contribution in [0.4, 0.5) is 14.0 Å². The maximum absolute atomic E-state index is 13.2.